The maximum Gasteiger partial charge on any atom is 0.121 e. The molecule has 1 saturated heterocycles. The van der Waals surface area contributed by atoms with E-state index in [1.807, 2.05) is 12.1 Å². The molecule has 1 aliphatic heterocycles. The molecule has 0 aliphatic carbocycles. The number of phenolic OH excluding ortho intramolecular Hbond substituents is 1. The molecule has 1 heterocycles. The van der Waals surface area contributed by atoms with Crippen molar-refractivity contribution in [2.24, 2.45) is 5.41 Å². The predicted octanol–water partition coefficient (Wildman–Crippen LogP) is 3.15. The van der Waals surface area contributed by atoms with Gasteiger partial charge in [0.15, 0.2) is 0 Å². The van der Waals surface area contributed by atoms with Crippen molar-refractivity contribution in [2.45, 2.75) is 26.8 Å². The molecule has 0 spiro atoms. The Morgan fingerprint density at radius 3 is 2.42 bits per heavy atom. The van der Waals surface area contributed by atoms with Crippen LogP contribution in [-0.2, 0) is 0 Å². The summed E-state index contributed by atoms with van der Waals surface area (Å²) < 4.78 is 0.918. The number of aromatic hydroxyl groups is 1. The SMILES string of the molecule is CC(C)(C)[C@H](c1ccc(Br)cc1O)N1CCNCC1. The molecule has 4 heteroatoms. The smallest absolute Gasteiger partial charge is 0.121 e. The van der Waals surface area contributed by atoms with E-state index in [0.29, 0.717) is 5.75 Å². The van der Waals surface area contributed by atoms with Gasteiger partial charge in [-0.2, -0.15) is 0 Å². The number of hydrogen-bond donors (Lipinski definition) is 2. The van der Waals surface area contributed by atoms with E-state index >= 15 is 0 Å². The van der Waals surface area contributed by atoms with Gasteiger partial charge in [-0.05, 0) is 17.5 Å². The van der Waals surface area contributed by atoms with Gasteiger partial charge in [0.2, 0.25) is 0 Å². The van der Waals surface area contributed by atoms with Crippen molar-refractivity contribution in [2.75, 3.05) is 26.2 Å². The van der Waals surface area contributed by atoms with E-state index in [1.54, 1.807) is 6.07 Å². The van der Waals surface area contributed by atoms with Crippen LogP contribution in [0, 0.1) is 5.41 Å². The zero-order valence-corrected chi connectivity index (χ0v) is 13.5. The fraction of sp³-hybridized carbons (Fsp3) is 0.600. The molecule has 1 fully saturated rings. The lowest BCUT2D eigenvalue weighted by Crippen LogP contribution is -2.48. The van der Waals surface area contributed by atoms with Gasteiger partial charge in [-0.15, -0.1) is 0 Å². The molecule has 2 N–H and O–H groups in total. The van der Waals surface area contributed by atoms with Crippen LogP contribution in [0.5, 0.6) is 5.75 Å². The van der Waals surface area contributed by atoms with Gasteiger partial charge in [0.25, 0.3) is 0 Å². The van der Waals surface area contributed by atoms with Crippen LogP contribution >= 0.6 is 15.9 Å². The second-order valence-corrected chi connectivity index (χ2v) is 7.17. The summed E-state index contributed by atoms with van der Waals surface area (Å²) in [6.45, 7) is 10.8. The van der Waals surface area contributed by atoms with Crippen LogP contribution in [-0.4, -0.2) is 36.2 Å². The summed E-state index contributed by atoms with van der Waals surface area (Å²) in [4.78, 5) is 2.47. The highest BCUT2D eigenvalue weighted by Gasteiger charge is 2.34. The lowest BCUT2D eigenvalue weighted by Gasteiger charge is -2.42. The van der Waals surface area contributed by atoms with Crippen molar-refractivity contribution in [1.29, 1.82) is 0 Å². The molecule has 3 nitrogen and oxygen atoms in total. The Morgan fingerprint density at radius 2 is 1.89 bits per heavy atom. The molecule has 1 aromatic rings. The van der Waals surface area contributed by atoms with Crippen molar-refractivity contribution in [1.82, 2.24) is 10.2 Å². The molecule has 19 heavy (non-hydrogen) atoms. The molecule has 2 rings (SSSR count). The summed E-state index contributed by atoms with van der Waals surface area (Å²) in [6.07, 6.45) is 0. The van der Waals surface area contributed by atoms with Gasteiger partial charge < -0.3 is 10.4 Å². The lowest BCUT2D eigenvalue weighted by atomic mass is 9.80. The molecular weight excluding hydrogens is 304 g/mol. The summed E-state index contributed by atoms with van der Waals surface area (Å²) in [5.41, 5.74) is 1.11. The predicted molar refractivity (Wildman–Crippen MR) is 82.4 cm³/mol. The zero-order chi connectivity index (χ0) is 14.0. The number of phenols is 1. The van der Waals surface area contributed by atoms with Crippen molar-refractivity contribution in [3.05, 3.63) is 28.2 Å². The third-order valence-corrected chi connectivity index (χ3v) is 4.12. The Bertz CT molecular complexity index is 436. The summed E-state index contributed by atoms with van der Waals surface area (Å²) in [5.74, 6) is 0.382. The van der Waals surface area contributed by atoms with Crippen LogP contribution < -0.4 is 5.32 Å². The maximum atomic E-state index is 10.3. The van der Waals surface area contributed by atoms with Gasteiger partial charge >= 0.3 is 0 Å². The van der Waals surface area contributed by atoms with E-state index in [2.05, 4.69) is 46.9 Å². The number of nitrogens with one attached hydrogen (secondary N) is 1. The number of hydrogen-bond acceptors (Lipinski definition) is 3. The average Bonchev–Trinajstić information content (AvgIpc) is 2.32. The molecule has 0 radical (unpaired) electrons. The quantitative estimate of drug-likeness (QED) is 0.876. The topological polar surface area (TPSA) is 35.5 Å². The molecule has 0 bridgehead atoms. The second kappa shape index (κ2) is 5.81. The molecule has 0 aromatic heterocycles. The first-order chi connectivity index (χ1) is 8.89. The molecular formula is C15H23BrN2O. The highest BCUT2D eigenvalue weighted by molar-refractivity contribution is 9.10. The Labute approximate surface area is 124 Å². The number of rotatable bonds is 2. The van der Waals surface area contributed by atoms with Crippen LogP contribution in [0.15, 0.2) is 22.7 Å². The Kier molecular flexibility index (Phi) is 4.54. The first kappa shape index (κ1) is 14.8. The first-order valence-corrected chi connectivity index (χ1v) is 7.62. The fourth-order valence-electron chi connectivity index (χ4n) is 2.90. The largest absolute Gasteiger partial charge is 0.508 e. The van der Waals surface area contributed by atoms with Crippen molar-refractivity contribution < 1.29 is 5.11 Å². The maximum absolute atomic E-state index is 10.3. The number of piperazine rings is 1. The van der Waals surface area contributed by atoms with E-state index < -0.39 is 0 Å². The number of benzene rings is 1. The minimum Gasteiger partial charge on any atom is -0.508 e. The van der Waals surface area contributed by atoms with E-state index in [-0.39, 0.29) is 11.5 Å². The molecule has 106 valence electrons. The summed E-state index contributed by atoms with van der Waals surface area (Å²) in [7, 11) is 0. The molecule has 0 saturated carbocycles. The standard InChI is InChI=1S/C15H23BrN2O/c1-15(2,3)14(18-8-6-17-7-9-18)12-5-4-11(16)10-13(12)19/h4-5,10,14,17,19H,6-9H2,1-3H3/t14-/m0/s1. The van der Waals surface area contributed by atoms with Crippen LogP contribution in [0.1, 0.15) is 32.4 Å². The highest BCUT2D eigenvalue weighted by atomic mass is 79.9. The van der Waals surface area contributed by atoms with Gasteiger partial charge in [-0.3, -0.25) is 4.90 Å². The highest BCUT2D eigenvalue weighted by Crippen LogP contribution is 2.42. The monoisotopic (exact) mass is 326 g/mol. The average molecular weight is 327 g/mol. The number of halogens is 1. The van der Waals surface area contributed by atoms with Crippen LogP contribution in [0.25, 0.3) is 0 Å². The van der Waals surface area contributed by atoms with Gasteiger partial charge in [0.05, 0.1) is 0 Å². The van der Waals surface area contributed by atoms with E-state index in [1.165, 1.54) is 0 Å². The Morgan fingerprint density at radius 1 is 1.26 bits per heavy atom. The molecule has 0 unspecified atom stereocenters. The molecule has 1 aliphatic rings. The van der Waals surface area contributed by atoms with E-state index in [0.717, 1.165) is 36.2 Å². The minimum absolute atomic E-state index is 0.0860. The summed E-state index contributed by atoms with van der Waals surface area (Å²) >= 11 is 3.41. The molecule has 1 aromatic carbocycles. The van der Waals surface area contributed by atoms with E-state index in [9.17, 15) is 5.11 Å². The van der Waals surface area contributed by atoms with Gasteiger partial charge in [-0.1, -0.05) is 42.8 Å². The Hall–Kier alpha value is -0.580. The first-order valence-electron chi connectivity index (χ1n) is 6.83. The van der Waals surface area contributed by atoms with Crippen LogP contribution in [0.3, 0.4) is 0 Å². The molecule has 0 amide bonds. The van der Waals surface area contributed by atoms with Gasteiger partial charge in [-0.25, -0.2) is 0 Å². The summed E-state index contributed by atoms with van der Waals surface area (Å²) in [5, 5.41) is 13.7. The van der Waals surface area contributed by atoms with Crippen molar-refractivity contribution >= 4 is 15.9 Å². The van der Waals surface area contributed by atoms with Crippen LogP contribution in [0.4, 0.5) is 0 Å². The summed E-state index contributed by atoms with van der Waals surface area (Å²) in [6, 6.07) is 6.08. The normalized spacial score (nSPS) is 19.4. The minimum atomic E-state index is 0.0860. The van der Waals surface area contributed by atoms with Crippen LogP contribution in [0.2, 0.25) is 0 Å². The second-order valence-electron chi connectivity index (χ2n) is 6.26. The van der Waals surface area contributed by atoms with Crippen molar-refractivity contribution in [3.63, 3.8) is 0 Å². The third-order valence-electron chi connectivity index (χ3n) is 3.62. The lowest BCUT2D eigenvalue weighted by molar-refractivity contribution is 0.0842. The zero-order valence-electron chi connectivity index (χ0n) is 11.9. The van der Waals surface area contributed by atoms with E-state index in [4.69, 9.17) is 0 Å². The van der Waals surface area contributed by atoms with Gasteiger partial charge in [0.1, 0.15) is 5.75 Å². The molecule has 1 atom stereocenters. The fourth-order valence-corrected chi connectivity index (χ4v) is 3.25. The van der Waals surface area contributed by atoms with Gasteiger partial charge in [0, 0.05) is 42.3 Å². The Balaban J connectivity index is 2.36. The number of nitrogens with zero attached hydrogens (tertiary/aromatic N) is 1. The third kappa shape index (κ3) is 3.50. The van der Waals surface area contributed by atoms with Crippen molar-refractivity contribution in [3.8, 4) is 5.75 Å².